The quantitative estimate of drug-likeness (QED) is 0.112. The van der Waals surface area contributed by atoms with E-state index in [4.69, 9.17) is 4.74 Å². The molecule has 1 aromatic carbocycles. The molecule has 336 valence electrons. The monoisotopic (exact) mass is 847 g/mol. The molecule has 12 nitrogen and oxygen atoms in total. The van der Waals surface area contributed by atoms with Crippen LogP contribution < -0.4 is 4.72 Å². The number of Topliss-reactive ketones (excluding diaryl/α,β-unsaturated/α-hetero) is 1. The molecule has 1 aliphatic rings. The molecule has 0 aliphatic carbocycles. The molecule has 1 aliphatic heterocycles. The van der Waals surface area contributed by atoms with E-state index in [0.717, 1.165) is 18.4 Å². The number of likely N-dealkylation sites (N-methyl/N-ethyl adjacent to an activating group) is 1. The number of ketones is 1. The van der Waals surface area contributed by atoms with Gasteiger partial charge in [0.05, 0.1) is 24.3 Å². The fourth-order valence-electron chi connectivity index (χ4n) is 8.84. The number of unbranched alkanes of at least 4 members (excludes halogenated alkanes) is 1. The van der Waals surface area contributed by atoms with Crippen LogP contribution in [-0.2, 0) is 45.2 Å². The first-order valence-electron chi connectivity index (χ1n) is 22.1. The molecule has 0 radical (unpaired) electrons. The van der Waals surface area contributed by atoms with Gasteiger partial charge in [0.15, 0.2) is 0 Å². The first kappa shape index (κ1) is 51.8. The fourth-order valence-corrected chi connectivity index (χ4v) is 10.1. The Balaban J connectivity index is 2.29. The van der Waals surface area contributed by atoms with Crippen LogP contribution in [0.5, 0.6) is 0 Å². The zero-order valence-corrected chi connectivity index (χ0v) is 39.3. The second kappa shape index (κ2) is 24.2. The summed E-state index contributed by atoms with van der Waals surface area (Å²) in [5.74, 6) is -3.58. The van der Waals surface area contributed by atoms with Crippen molar-refractivity contribution in [3.05, 3.63) is 35.9 Å². The van der Waals surface area contributed by atoms with Crippen molar-refractivity contribution in [1.29, 1.82) is 0 Å². The van der Waals surface area contributed by atoms with Crippen LogP contribution in [0.4, 0.5) is 0 Å². The molecule has 1 heterocycles. The highest BCUT2D eigenvalue weighted by Crippen LogP contribution is 2.33. The lowest BCUT2D eigenvalue weighted by Crippen LogP contribution is -2.54. The third-order valence-electron chi connectivity index (χ3n) is 12.7. The highest BCUT2D eigenvalue weighted by Gasteiger charge is 2.42. The minimum Gasteiger partial charge on any atom is -0.379 e. The third-order valence-corrected chi connectivity index (χ3v) is 14.0. The number of benzene rings is 1. The molecule has 0 aromatic heterocycles. The van der Waals surface area contributed by atoms with Gasteiger partial charge < -0.3 is 19.4 Å². The summed E-state index contributed by atoms with van der Waals surface area (Å²) in [4.78, 5) is 75.0. The summed E-state index contributed by atoms with van der Waals surface area (Å²) < 4.78 is 33.7. The summed E-state index contributed by atoms with van der Waals surface area (Å²) in [7, 11) is -0.512. The van der Waals surface area contributed by atoms with E-state index >= 15 is 0 Å². The van der Waals surface area contributed by atoms with Crippen molar-refractivity contribution in [2.24, 2.45) is 35.5 Å². The van der Waals surface area contributed by atoms with Crippen LogP contribution in [0.3, 0.4) is 0 Å². The minimum atomic E-state index is -3.84. The van der Waals surface area contributed by atoms with E-state index in [1.165, 1.54) is 0 Å². The van der Waals surface area contributed by atoms with Crippen LogP contribution in [0, 0.1) is 35.5 Å². The summed E-state index contributed by atoms with van der Waals surface area (Å²) in [5.41, 5.74) is 0.826. The largest absolute Gasteiger partial charge is 0.379 e. The number of rotatable bonds is 25. The van der Waals surface area contributed by atoms with Crippen molar-refractivity contribution in [3.8, 4) is 0 Å². The predicted molar refractivity (Wildman–Crippen MR) is 235 cm³/mol. The first-order chi connectivity index (χ1) is 27.6. The molecule has 4 amide bonds. The number of sulfonamides is 1. The Morgan fingerprint density at radius 2 is 1.51 bits per heavy atom. The Labute approximate surface area is 357 Å². The summed E-state index contributed by atoms with van der Waals surface area (Å²) >= 11 is 0. The van der Waals surface area contributed by atoms with E-state index in [1.807, 2.05) is 109 Å². The van der Waals surface area contributed by atoms with Gasteiger partial charge in [-0.2, -0.15) is 0 Å². The molecular formula is C46H78N4O8S. The molecule has 1 fully saturated rings. The second-order valence-corrected chi connectivity index (χ2v) is 19.8. The molecule has 2 rings (SSSR count). The zero-order chi connectivity index (χ0) is 44.8. The van der Waals surface area contributed by atoms with Crippen molar-refractivity contribution in [2.45, 2.75) is 164 Å². The normalized spacial score (nSPS) is 18.2. The Morgan fingerprint density at radius 1 is 0.898 bits per heavy atom. The molecular weight excluding hydrogens is 769 g/mol. The van der Waals surface area contributed by atoms with E-state index < -0.39 is 45.8 Å². The zero-order valence-electron chi connectivity index (χ0n) is 38.5. The highest BCUT2D eigenvalue weighted by molar-refractivity contribution is 7.90. The molecule has 0 unspecified atom stereocenters. The van der Waals surface area contributed by atoms with Crippen LogP contribution in [-0.4, -0.2) is 109 Å². The first-order valence-corrected chi connectivity index (χ1v) is 23.8. The van der Waals surface area contributed by atoms with Crippen molar-refractivity contribution in [1.82, 2.24) is 19.4 Å². The van der Waals surface area contributed by atoms with Gasteiger partial charge in [0, 0.05) is 69.4 Å². The molecule has 0 spiro atoms. The average molecular weight is 847 g/mol. The summed E-state index contributed by atoms with van der Waals surface area (Å²) in [6.07, 6.45) is 2.93. The summed E-state index contributed by atoms with van der Waals surface area (Å²) in [6.45, 7) is 22.2. The van der Waals surface area contributed by atoms with Gasteiger partial charge in [0.25, 0.3) is 0 Å². The molecule has 0 bridgehead atoms. The van der Waals surface area contributed by atoms with Crippen molar-refractivity contribution >= 4 is 39.4 Å². The van der Waals surface area contributed by atoms with Crippen LogP contribution in [0.25, 0.3) is 0 Å². The molecule has 1 saturated heterocycles. The van der Waals surface area contributed by atoms with Crippen LogP contribution in [0.2, 0.25) is 0 Å². The number of carbonyl (C=O) groups excluding carboxylic acids is 5. The lowest BCUT2D eigenvalue weighted by molar-refractivity contribution is -0.150. The maximum absolute atomic E-state index is 14.3. The number of nitrogens with one attached hydrogen (secondary N) is 1. The lowest BCUT2D eigenvalue weighted by atomic mass is 9.81. The van der Waals surface area contributed by atoms with E-state index in [1.54, 1.807) is 19.1 Å². The minimum absolute atomic E-state index is 0.00225. The van der Waals surface area contributed by atoms with Crippen molar-refractivity contribution in [2.75, 3.05) is 26.5 Å². The number of nitrogens with zero attached hydrogens (tertiary/aromatic N) is 3. The molecule has 13 heteroatoms. The van der Waals surface area contributed by atoms with Gasteiger partial charge in [-0.25, -0.2) is 8.42 Å². The average Bonchev–Trinajstić information content (AvgIpc) is 3.67. The van der Waals surface area contributed by atoms with E-state index in [2.05, 4.69) is 11.6 Å². The van der Waals surface area contributed by atoms with Gasteiger partial charge in [0.1, 0.15) is 5.78 Å². The third kappa shape index (κ3) is 15.0. The van der Waals surface area contributed by atoms with Crippen LogP contribution >= 0.6 is 0 Å². The van der Waals surface area contributed by atoms with Gasteiger partial charge in [-0.1, -0.05) is 91.6 Å². The standard InChI is InChI=1S/C46H78N4O8S/c1-14-16-25-59(56,57)47-45(54)37(26-36-21-18-17-19-22-36)27-40(51)35(11)34(10)39-23-20-24-49(39)42(52)29-41(58-13)44(33(9)15-2)48(12)46(55)38(30(3)4)28-43(53)50(31(5)6)32(7)8/h17-19,21-22,30-35,37-39,41,44H,14-16,20,23-29H2,1-13H3,(H,47,54)/t33-,34+,35+,37+,38-,39-,41+,44-/m0/s1. The van der Waals surface area contributed by atoms with Gasteiger partial charge in [0.2, 0.25) is 33.7 Å². The van der Waals surface area contributed by atoms with Crippen LogP contribution in [0.1, 0.15) is 133 Å². The van der Waals surface area contributed by atoms with Gasteiger partial charge in [-0.3, -0.25) is 28.7 Å². The van der Waals surface area contributed by atoms with E-state index in [9.17, 15) is 32.4 Å². The maximum Gasteiger partial charge on any atom is 0.237 e. The number of methoxy groups -OCH3 is 1. The number of ether oxygens (including phenoxy) is 1. The summed E-state index contributed by atoms with van der Waals surface area (Å²) in [6, 6.07) is 8.61. The van der Waals surface area contributed by atoms with Crippen molar-refractivity contribution < 1.29 is 37.1 Å². The van der Waals surface area contributed by atoms with Gasteiger partial charge >= 0.3 is 0 Å². The number of amides is 4. The van der Waals surface area contributed by atoms with Crippen molar-refractivity contribution in [3.63, 3.8) is 0 Å². The highest BCUT2D eigenvalue weighted by atomic mass is 32.2. The molecule has 1 aromatic rings. The molecule has 1 N–H and O–H groups in total. The van der Waals surface area contributed by atoms with Crippen LogP contribution in [0.15, 0.2) is 30.3 Å². The van der Waals surface area contributed by atoms with Gasteiger partial charge in [-0.05, 0) is 76.7 Å². The Bertz CT molecular complexity index is 1610. The lowest BCUT2D eigenvalue weighted by Gasteiger charge is -2.41. The number of carbonyl (C=O) groups is 5. The Hall–Kier alpha value is -3.32. The fraction of sp³-hybridized carbons (Fsp3) is 0.761. The van der Waals surface area contributed by atoms with Gasteiger partial charge in [-0.15, -0.1) is 0 Å². The maximum atomic E-state index is 14.3. The Kier molecular flexibility index (Phi) is 21.3. The predicted octanol–water partition coefficient (Wildman–Crippen LogP) is 6.90. The number of hydrogen-bond acceptors (Lipinski definition) is 8. The smallest absolute Gasteiger partial charge is 0.237 e. The Morgan fingerprint density at radius 3 is 2.03 bits per heavy atom. The molecule has 0 saturated carbocycles. The second-order valence-electron chi connectivity index (χ2n) is 18.0. The number of hydrogen-bond donors (Lipinski definition) is 1. The van der Waals surface area contributed by atoms with E-state index in [0.29, 0.717) is 25.8 Å². The topological polar surface area (TPSA) is 150 Å². The van der Waals surface area contributed by atoms with E-state index in [-0.39, 0.29) is 90.8 Å². The molecule has 59 heavy (non-hydrogen) atoms. The number of likely N-dealkylation sites (tertiary alicyclic amines) is 1. The SMILES string of the molecule is CCCCS(=O)(=O)NC(=O)[C@@H](CC(=O)[C@H](C)[C@@H](C)[C@@H]1CCCN1C(=O)C[C@@H](OC)[C@H]([C@@H](C)CC)N(C)C(=O)[C@@H](CC(=O)N(C(C)C)C(C)C)C(C)C)Cc1ccccc1. The molecule has 8 atom stereocenters. The summed E-state index contributed by atoms with van der Waals surface area (Å²) in [5, 5.41) is 0.